The molecular formula is C14H20F3N. The third-order valence-electron chi connectivity index (χ3n) is 3.10. The summed E-state index contributed by atoms with van der Waals surface area (Å²) in [6, 6.07) is 6.04. The number of hydrogen-bond donors (Lipinski definition) is 1. The van der Waals surface area contributed by atoms with Gasteiger partial charge in [0.1, 0.15) is 0 Å². The van der Waals surface area contributed by atoms with E-state index in [1.54, 1.807) is 12.1 Å². The van der Waals surface area contributed by atoms with Crippen LogP contribution in [0.25, 0.3) is 0 Å². The van der Waals surface area contributed by atoms with Crippen molar-refractivity contribution in [3.63, 3.8) is 0 Å². The Labute approximate surface area is 106 Å². The van der Waals surface area contributed by atoms with Crippen molar-refractivity contribution in [1.82, 2.24) is 5.32 Å². The molecule has 2 atom stereocenters. The van der Waals surface area contributed by atoms with E-state index in [0.717, 1.165) is 6.07 Å². The smallest absolute Gasteiger partial charge is 0.311 e. The predicted octanol–water partition coefficient (Wildman–Crippen LogP) is 4.20. The second-order valence-corrected chi connectivity index (χ2v) is 4.98. The molecule has 0 fully saturated rings. The molecule has 0 saturated carbocycles. The zero-order valence-electron chi connectivity index (χ0n) is 11.2. The van der Waals surface area contributed by atoms with Crippen LogP contribution in [0.3, 0.4) is 0 Å². The molecule has 0 aliphatic carbocycles. The molecule has 18 heavy (non-hydrogen) atoms. The van der Waals surface area contributed by atoms with Crippen molar-refractivity contribution < 1.29 is 13.2 Å². The van der Waals surface area contributed by atoms with Gasteiger partial charge in [0.2, 0.25) is 0 Å². The predicted molar refractivity (Wildman–Crippen MR) is 67.6 cm³/mol. The fraction of sp³-hybridized carbons (Fsp3) is 0.571. The molecule has 1 nitrogen and oxygen atoms in total. The number of nitrogens with one attached hydrogen (secondary N) is 1. The molecule has 0 aromatic heterocycles. The van der Waals surface area contributed by atoms with E-state index < -0.39 is 11.7 Å². The van der Waals surface area contributed by atoms with Crippen molar-refractivity contribution in [2.75, 3.05) is 0 Å². The molecular weight excluding hydrogens is 239 g/mol. The summed E-state index contributed by atoms with van der Waals surface area (Å²) in [5.41, 5.74) is -0.180. The van der Waals surface area contributed by atoms with Crippen molar-refractivity contribution in [3.8, 4) is 0 Å². The normalized spacial score (nSPS) is 15.8. The maximum atomic E-state index is 12.9. The van der Waals surface area contributed by atoms with Gasteiger partial charge < -0.3 is 5.32 Å². The van der Waals surface area contributed by atoms with Crippen LogP contribution in [0.5, 0.6) is 0 Å². The highest BCUT2D eigenvalue weighted by molar-refractivity contribution is 5.33. The summed E-state index contributed by atoms with van der Waals surface area (Å²) < 4.78 is 38.7. The highest BCUT2D eigenvalue weighted by Gasteiger charge is 2.34. The number of hydrogen-bond acceptors (Lipinski definition) is 1. The van der Waals surface area contributed by atoms with Crippen molar-refractivity contribution in [2.24, 2.45) is 0 Å². The van der Waals surface area contributed by atoms with Crippen LogP contribution in [0.4, 0.5) is 13.2 Å². The molecule has 102 valence electrons. The van der Waals surface area contributed by atoms with Gasteiger partial charge in [-0.3, -0.25) is 0 Å². The first-order valence-corrected chi connectivity index (χ1v) is 6.15. The fourth-order valence-electron chi connectivity index (χ4n) is 2.09. The van der Waals surface area contributed by atoms with Gasteiger partial charge in [0.05, 0.1) is 5.56 Å². The van der Waals surface area contributed by atoms with Gasteiger partial charge >= 0.3 is 6.18 Å². The Morgan fingerprint density at radius 3 is 2.06 bits per heavy atom. The summed E-state index contributed by atoms with van der Waals surface area (Å²) in [4.78, 5) is 0. The van der Waals surface area contributed by atoms with E-state index in [1.165, 1.54) is 6.07 Å². The van der Waals surface area contributed by atoms with Gasteiger partial charge in [0.15, 0.2) is 0 Å². The Morgan fingerprint density at radius 1 is 1.00 bits per heavy atom. The van der Waals surface area contributed by atoms with Crippen LogP contribution >= 0.6 is 0 Å². The van der Waals surface area contributed by atoms with Crippen LogP contribution in [0.2, 0.25) is 0 Å². The average molecular weight is 259 g/mol. The maximum Gasteiger partial charge on any atom is 0.416 e. The summed E-state index contributed by atoms with van der Waals surface area (Å²) in [7, 11) is 0. The Bertz CT molecular complexity index is 385. The van der Waals surface area contributed by atoms with Crippen LogP contribution in [0.15, 0.2) is 24.3 Å². The first-order chi connectivity index (χ1) is 8.23. The van der Waals surface area contributed by atoms with Gasteiger partial charge in [0, 0.05) is 12.1 Å². The van der Waals surface area contributed by atoms with Crippen LogP contribution < -0.4 is 5.32 Å². The van der Waals surface area contributed by atoms with Gasteiger partial charge in [-0.25, -0.2) is 0 Å². The van der Waals surface area contributed by atoms with E-state index >= 15 is 0 Å². The molecule has 2 unspecified atom stereocenters. The zero-order valence-corrected chi connectivity index (χ0v) is 11.2. The molecule has 0 spiro atoms. The molecule has 4 heteroatoms. The van der Waals surface area contributed by atoms with E-state index in [0.29, 0.717) is 5.56 Å². The molecule has 1 aromatic rings. The van der Waals surface area contributed by atoms with Gasteiger partial charge in [-0.2, -0.15) is 13.2 Å². The minimum absolute atomic E-state index is 0.00602. The topological polar surface area (TPSA) is 12.0 Å². The molecule has 0 amide bonds. The third-order valence-corrected chi connectivity index (χ3v) is 3.10. The maximum absolute atomic E-state index is 12.9. The summed E-state index contributed by atoms with van der Waals surface area (Å²) in [5, 5.41) is 3.25. The minimum atomic E-state index is -4.29. The zero-order chi connectivity index (χ0) is 13.9. The number of halogens is 3. The minimum Gasteiger partial charge on any atom is -0.311 e. The molecule has 1 rings (SSSR count). The molecule has 0 radical (unpaired) electrons. The van der Waals surface area contributed by atoms with Crippen molar-refractivity contribution in [3.05, 3.63) is 35.4 Å². The quantitative estimate of drug-likeness (QED) is 0.854. The molecule has 1 N–H and O–H groups in total. The SMILES string of the molecule is CC(C)NC(C)C(C)c1ccccc1C(F)(F)F. The van der Waals surface area contributed by atoms with Crippen molar-refractivity contribution >= 4 is 0 Å². The number of alkyl halides is 3. The van der Waals surface area contributed by atoms with Crippen LogP contribution in [-0.2, 0) is 6.18 Å². The lowest BCUT2D eigenvalue weighted by Crippen LogP contribution is -2.36. The molecule has 0 saturated heterocycles. The largest absolute Gasteiger partial charge is 0.416 e. The van der Waals surface area contributed by atoms with E-state index in [1.807, 2.05) is 27.7 Å². The lowest BCUT2D eigenvalue weighted by molar-refractivity contribution is -0.138. The number of benzene rings is 1. The van der Waals surface area contributed by atoms with E-state index in [2.05, 4.69) is 5.32 Å². The van der Waals surface area contributed by atoms with Gasteiger partial charge in [-0.1, -0.05) is 39.0 Å². The number of rotatable bonds is 4. The van der Waals surface area contributed by atoms with Gasteiger partial charge in [-0.15, -0.1) is 0 Å². The Hall–Kier alpha value is -1.03. The van der Waals surface area contributed by atoms with E-state index in [9.17, 15) is 13.2 Å². The van der Waals surface area contributed by atoms with E-state index in [-0.39, 0.29) is 18.0 Å². The summed E-state index contributed by atoms with van der Waals surface area (Å²) in [6.07, 6.45) is -4.29. The third kappa shape index (κ3) is 3.73. The van der Waals surface area contributed by atoms with E-state index in [4.69, 9.17) is 0 Å². The summed E-state index contributed by atoms with van der Waals surface area (Å²) >= 11 is 0. The van der Waals surface area contributed by atoms with Crippen molar-refractivity contribution in [1.29, 1.82) is 0 Å². The summed E-state index contributed by atoms with van der Waals surface area (Å²) in [6.45, 7) is 7.71. The lowest BCUT2D eigenvalue weighted by atomic mass is 9.90. The van der Waals surface area contributed by atoms with Crippen LogP contribution in [0, 0.1) is 0 Å². The van der Waals surface area contributed by atoms with Gasteiger partial charge in [-0.05, 0) is 24.5 Å². The standard InChI is InChI=1S/C14H20F3N/c1-9(2)18-11(4)10(3)12-7-5-6-8-13(12)14(15,16)17/h5-11,18H,1-4H3. The van der Waals surface area contributed by atoms with Crippen molar-refractivity contribution in [2.45, 2.75) is 51.9 Å². The van der Waals surface area contributed by atoms with Crippen LogP contribution in [-0.4, -0.2) is 12.1 Å². The monoisotopic (exact) mass is 259 g/mol. The second kappa shape index (κ2) is 5.74. The molecule has 0 aliphatic heterocycles. The summed E-state index contributed by atoms with van der Waals surface area (Å²) in [5.74, 6) is -0.190. The molecule has 0 heterocycles. The fourth-order valence-corrected chi connectivity index (χ4v) is 2.09. The molecule has 1 aromatic carbocycles. The Balaban J connectivity index is 3.02. The lowest BCUT2D eigenvalue weighted by Gasteiger charge is -2.26. The first-order valence-electron chi connectivity index (χ1n) is 6.15. The Morgan fingerprint density at radius 2 is 1.56 bits per heavy atom. The average Bonchev–Trinajstić information content (AvgIpc) is 2.26. The second-order valence-electron chi connectivity index (χ2n) is 4.98. The Kier molecular flexibility index (Phi) is 4.79. The van der Waals surface area contributed by atoms with Crippen LogP contribution in [0.1, 0.15) is 44.7 Å². The highest BCUT2D eigenvalue weighted by Crippen LogP contribution is 2.35. The first kappa shape index (κ1) is 15.0. The molecule has 0 aliphatic rings. The van der Waals surface area contributed by atoms with Gasteiger partial charge in [0.25, 0.3) is 0 Å². The highest BCUT2D eigenvalue weighted by atomic mass is 19.4. The molecule has 0 bridgehead atoms.